The van der Waals surface area contributed by atoms with Gasteiger partial charge in [-0.2, -0.15) is 0 Å². The highest BCUT2D eigenvalue weighted by Crippen LogP contribution is 2.44. The zero-order chi connectivity index (χ0) is 24.9. The van der Waals surface area contributed by atoms with Crippen LogP contribution in [-0.2, 0) is 14.3 Å². The van der Waals surface area contributed by atoms with Crippen LogP contribution >= 0.6 is 0 Å². The van der Waals surface area contributed by atoms with Crippen molar-refractivity contribution >= 4 is 18.0 Å². The molecule has 4 rings (SSSR count). The van der Waals surface area contributed by atoms with Gasteiger partial charge >= 0.3 is 12.1 Å². The third-order valence-corrected chi connectivity index (χ3v) is 6.87. The van der Waals surface area contributed by atoms with Crippen molar-refractivity contribution in [3.8, 4) is 11.1 Å². The smallest absolute Gasteiger partial charge is 0.407 e. The van der Waals surface area contributed by atoms with E-state index in [0.717, 1.165) is 35.1 Å². The molecule has 1 fully saturated rings. The van der Waals surface area contributed by atoms with Gasteiger partial charge in [-0.05, 0) is 53.4 Å². The number of fused-ring (bicyclic) bond motifs is 3. The molecule has 0 aliphatic heterocycles. The molecule has 2 aromatic rings. The Labute approximate surface area is 206 Å². The number of nitrogens with one attached hydrogen (secondary N) is 2. The number of ether oxygens (including phenoxy) is 1. The summed E-state index contributed by atoms with van der Waals surface area (Å²) in [6.45, 7) is 4.18. The fourth-order valence-corrected chi connectivity index (χ4v) is 4.73. The van der Waals surface area contributed by atoms with Crippen molar-refractivity contribution < 1.29 is 24.2 Å². The first kappa shape index (κ1) is 24.8. The molecule has 2 amide bonds. The molecule has 2 atom stereocenters. The molecule has 2 aliphatic rings. The molecule has 186 valence electrons. The van der Waals surface area contributed by atoms with E-state index in [0.29, 0.717) is 31.1 Å². The summed E-state index contributed by atoms with van der Waals surface area (Å²) in [4.78, 5) is 37.3. The summed E-state index contributed by atoms with van der Waals surface area (Å²) in [6.07, 6.45) is 2.86. The lowest BCUT2D eigenvalue weighted by Crippen LogP contribution is -2.52. The summed E-state index contributed by atoms with van der Waals surface area (Å²) < 4.78 is 5.61. The minimum Gasteiger partial charge on any atom is -0.480 e. The van der Waals surface area contributed by atoms with Gasteiger partial charge < -0.3 is 20.5 Å². The fourth-order valence-electron chi connectivity index (χ4n) is 4.73. The molecule has 7 heteroatoms. The van der Waals surface area contributed by atoms with Crippen molar-refractivity contribution in [1.82, 2.24) is 10.6 Å². The highest BCUT2D eigenvalue weighted by atomic mass is 16.5. The SMILES string of the molecule is CC(C)CCC(NC(=O)C(CC1CC1)NC(=O)OCC1c2ccccc2-c2ccccc21)C(=O)O. The van der Waals surface area contributed by atoms with Gasteiger partial charge in [-0.15, -0.1) is 0 Å². The number of carbonyl (C=O) groups excluding carboxylic acids is 2. The Morgan fingerprint density at radius 2 is 1.51 bits per heavy atom. The van der Waals surface area contributed by atoms with Crippen molar-refractivity contribution in [2.24, 2.45) is 11.8 Å². The second-order valence-electron chi connectivity index (χ2n) is 10.1. The van der Waals surface area contributed by atoms with Gasteiger partial charge in [-0.1, -0.05) is 75.2 Å². The molecule has 0 aromatic heterocycles. The van der Waals surface area contributed by atoms with E-state index >= 15 is 0 Å². The number of alkyl carbamates (subject to hydrolysis) is 1. The number of benzene rings is 2. The van der Waals surface area contributed by atoms with Gasteiger partial charge in [0.15, 0.2) is 0 Å². The molecule has 0 spiro atoms. The molecule has 35 heavy (non-hydrogen) atoms. The number of hydrogen-bond donors (Lipinski definition) is 3. The lowest BCUT2D eigenvalue weighted by molar-refractivity contribution is -0.142. The topological polar surface area (TPSA) is 105 Å². The number of amides is 2. The fraction of sp³-hybridized carbons (Fsp3) is 0.464. The van der Waals surface area contributed by atoms with Gasteiger partial charge in [0, 0.05) is 5.92 Å². The molecule has 0 bridgehead atoms. The summed E-state index contributed by atoms with van der Waals surface area (Å²) in [5.41, 5.74) is 4.51. The quantitative estimate of drug-likeness (QED) is 0.434. The summed E-state index contributed by atoms with van der Waals surface area (Å²) in [5.74, 6) is -0.920. The third kappa shape index (κ3) is 6.21. The highest BCUT2D eigenvalue weighted by Gasteiger charge is 2.34. The van der Waals surface area contributed by atoms with Crippen molar-refractivity contribution in [2.45, 2.75) is 64.0 Å². The predicted octanol–water partition coefficient (Wildman–Crippen LogP) is 4.70. The molecule has 2 unspecified atom stereocenters. The second-order valence-corrected chi connectivity index (χ2v) is 10.1. The monoisotopic (exact) mass is 478 g/mol. The molecule has 1 saturated carbocycles. The highest BCUT2D eigenvalue weighted by molar-refractivity contribution is 5.89. The zero-order valence-electron chi connectivity index (χ0n) is 20.3. The van der Waals surface area contributed by atoms with Crippen molar-refractivity contribution in [3.05, 3.63) is 59.7 Å². The third-order valence-electron chi connectivity index (χ3n) is 6.87. The number of rotatable bonds is 11. The zero-order valence-corrected chi connectivity index (χ0v) is 20.3. The van der Waals surface area contributed by atoms with Crippen LogP contribution in [0, 0.1) is 11.8 Å². The molecule has 7 nitrogen and oxygen atoms in total. The van der Waals surface area contributed by atoms with Gasteiger partial charge in [-0.25, -0.2) is 9.59 Å². The van der Waals surface area contributed by atoms with Gasteiger partial charge in [-0.3, -0.25) is 4.79 Å². The lowest BCUT2D eigenvalue weighted by atomic mass is 9.98. The van der Waals surface area contributed by atoms with Crippen LogP contribution in [0.5, 0.6) is 0 Å². The Morgan fingerprint density at radius 3 is 2.06 bits per heavy atom. The van der Waals surface area contributed by atoms with E-state index in [2.05, 4.69) is 22.8 Å². The van der Waals surface area contributed by atoms with E-state index in [1.807, 2.05) is 50.2 Å². The Morgan fingerprint density at radius 1 is 0.914 bits per heavy atom. The maximum atomic E-state index is 12.9. The van der Waals surface area contributed by atoms with Crippen molar-refractivity contribution in [1.29, 1.82) is 0 Å². The van der Waals surface area contributed by atoms with E-state index in [4.69, 9.17) is 4.74 Å². The number of hydrogen-bond acceptors (Lipinski definition) is 4. The second kappa shape index (κ2) is 10.9. The number of carbonyl (C=O) groups is 3. The minimum atomic E-state index is -1.06. The minimum absolute atomic E-state index is 0.0729. The summed E-state index contributed by atoms with van der Waals surface area (Å²) in [5, 5.41) is 14.9. The van der Waals surface area contributed by atoms with E-state index in [1.54, 1.807) is 0 Å². The van der Waals surface area contributed by atoms with E-state index in [1.165, 1.54) is 0 Å². The average molecular weight is 479 g/mol. The standard InChI is InChI=1S/C28H34N2O5/c1-17(2)11-14-24(27(32)33)29-26(31)25(15-18-12-13-18)30-28(34)35-16-23-21-9-5-3-7-19(21)20-8-4-6-10-22(20)23/h3-10,17-18,23-25H,11-16H2,1-2H3,(H,29,31)(H,30,34)(H,32,33). The molecule has 0 saturated heterocycles. The van der Waals surface area contributed by atoms with Crippen LogP contribution in [0.4, 0.5) is 4.79 Å². The number of carboxylic acids is 1. The van der Waals surface area contributed by atoms with Crippen LogP contribution < -0.4 is 10.6 Å². The largest absolute Gasteiger partial charge is 0.480 e. The van der Waals surface area contributed by atoms with Gasteiger partial charge in [0.25, 0.3) is 0 Å². The Bertz CT molecular complexity index is 1030. The maximum absolute atomic E-state index is 12.9. The molecular weight excluding hydrogens is 444 g/mol. The van der Waals surface area contributed by atoms with Crippen molar-refractivity contribution in [2.75, 3.05) is 6.61 Å². The van der Waals surface area contributed by atoms with Crippen LogP contribution in [0.25, 0.3) is 11.1 Å². The normalized spacial score (nSPS) is 16.2. The van der Waals surface area contributed by atoms with Crippen LogP contribution in [0.3, 0.4) is 0 Å². The van der Waals surface area contributed by atoms with Crippen molar-refractivity contribution in [3.63, 3.8) is 0 Å². The van der Waals surface area contributed by atoms with E-state index in [9.17, 15) is 19.5 Å². The molecular formula is C28H34N2O5. The Kier molecular flexibility index (Phi) is 7.73. The average Bonchev–Trinajstić information content (AvgIpc) is 3.60. The number of aliphatic carboxylic acids is 1. The Balaban J connectivity index is 1.38. The van der Waals surface area contributed by atoms with E-state index < -0.39 is 30.1 Å². The van der Waals surface area contributed by atoms with Crippen LogP contribution in [0.15, 0.2) is 48.5 Å². The summed E-state index contributed by atoms with van der Waals surface area (Å²) >= 11 is 0. The van der Waals surface area contributed by atoms with Crippen LogP contribution in [0.2, 0.25) is 0 Å². The predicted molar refractivity (Wildman–Crippen MR) is 133 cm³/mol. The maximum Gasteiger partial charge on any atom is 0.407 e. The van der Waals surface area contributed by atoms with Crippen LogP contribution in [-0.4, -0.2) is 41.8 Å². The molecule has 3 N–H and O–H groups in total. The molecule has 2 aliphatic carbocycles. The first-order valence-electron chi connectivity index (χ1n) is 12.5. The summed E-state index contributed by atoms with van der Waals surface area (Å²) in [6, 6.07) is 14.4. The molecule has 0 radical (unpaired) electrons. The molecule has 0 heterocycles. The van der Waals surface area contributed by atoms with Gasteiger partial charge in [0.2, 0.25) is 5.91 Å². The van der Waals surface area contributed by atoms with Crippen LogP contribution in [0.1, 0.15) is 63.0 Å². The van der Waals surface area contributed by atoms with E-state index in [-0.39, 0.29) is 12.5 Å². The molecule has 2 aromatic carbocycles. The lowest BCUT2D eigenvalue weighted by Gasteiger charge is -2.22. The first-order chi connectivity index (χ1) is 16.8. The first-order valence-corrected chi connectivity index (χ1v) is 12.5. The van der Waals surface area contributed by atoms with Gasteiger partial charge in [0.1, 0.15) is 18.7 Å². The number of carboxylic acid groups (broad SMARTS) is 1. The van der Waals surface area contributed by atoms with Gasteiger partial charge in [0.05, 0.1) is 0 Å². The Hall–Kier alpha value is -3.35. The summed E-state index contributed by atoms with van der Waals surface area (Å²) in [7, 11) is 0.